The summed E-state index contributed by atoms with van der Waals surface area (Å²) < 4.78 is 0.793. The third kappa shape index (κ3) is 4.08. The molecule has 2 rings (SSSR count). The minimum absolute atomic E-state index is 0.0662. The van der Waals surface area contributed by atoms with Gasteiger partial charge in [0.2, 0.25) is 5.91 Å². The Balaban J connectivity index is 1.80. The average molecular weight is 347 g/mol. The standard InChI is InChI=1S/C13H17BrClN3O/c14-10-7-18-12(5-11(10)15)17-6-8-1-3-9(4-2-8)13(16)19/h5,7-9H,1-4,6H2,(H2,16,19)(H,17,18). The van der Waals surface area contributed by atoms with Crippen LogP contribution in [0.5, 0.6) is 0 Å². The number of nitrogens with one attached hydrogen (secondary N) is 1. The minimum atomic E-state index is -0.159. The highest BCUT2D eigenvalue weighted by Gasteiger charge is 2.24. The molecule has 0 spiro atoms. The van der Waals surface area contributed by atoms with Crippen LogP contribution in [-0.4, -0.2) is 17.4 Å². The third-order valence-electron chi connectivity index (χ3n) is 3.63. The summed E-state index contributed by atoms with van der Waals surface area (Å²) in [5.74, 6) is 1.26. The molecule has 1 heterocycles. The molecular formula is C13H17BrClN3O. The van der Waals surface area contributed by atoms with Crippen molar-refractivity contribution in [2.24, 2.45) is 17.6 Å². The SMILES string of the molecule is NC(=O)C1CCC(CNc2cc(Cl)c(Br)cn2)CC1. The van der Waals surface area contributed by atoms with Gasteiger partial charge in [0, 0.05) is 24.7 Å². The highest BCUT2D eigenvalue weighted by molar-refractivity contribution is 9.10. The van der Waals surface area contributed by atoms with Gasteiger partial charge in [-0.25, -0.2) is 4.98 Å². The van der Waals surface area contributed by atoms with Crippen molar-refractivity contribution in [2.45, 2.75) is 25.7 Å². The summed E-state index contributed by atoms with van der Waals surface area (Å²) in [4.78, 5) is 15.3. The molecule has 0 bridgehead atoms. The van der Waals surface area contributed by atoms with Crippen LogP contribution >= 0.6 is 27.5 Å². The zero-order valence-corrected chi connectivity index (χ0v) is 12.9. The Morgan fingerprint density at radius 3 is 2.74 bits per heavy atom. The number of anilines is 1. The first-order valence-electron chi connectivity index (χ1n) is 6.40. The first kappa shape index (κ1) is 14.6. The molecule has 4 nitrogen and oxygen atoms in total. The molecule has 1 amide bonds. The van der Waals surface area contributed by atoms with E-state index in [0.29, 0.717) is 10.9 Å². The molecule has 6 heteroatoms. The van der Waals surface area contributed by atoms with Gasteiger partial charge in [-0.3, -0.25) is 4.79 Å². The number of halogens is 2. The smallest absolute Gasteiger partial charge is 0.220 e. The van der Waals surface area contributed by atoms with E-state index < -0.39 is 0 Å². The van der Waals surface area contributed by atoms with Crippen LogP contribution in [0.3, 0.4) is 0 Å². The molecule has 0 aliphatic heterocycles. The Hall–Kier alpha value is -0.810. The molecule has 0 saturated heterocycles. The van der Waals surface area contributed by atoms with Crippen LogP contribution in [0.4, 0.5) is 5.82 Å². The van der Waals surface area contributed by atoms with Crippen molar-refractivity contribution in [3.63, 3.8) is 0 Å². The van der Waals surface area contributed by atoms with E-state index in [9.17, 15) is 4.79 Å². The van der Waals surface area contributed by atoms with Crippen molar-refractivity contribution in [1.29, 1.82) is 0 Å². The number of hydrogen-bond acceptors (Lipinski definition) is 3. The van der Waals surface area contributed by atoms with Gasteiger partial charge in [-0.1, -0.05) is 11.6 Å². The highest BCUT2D eigenvalue weighted by Crippen LogP contribution is 2.29. The summed E-state index contributed by atoms with van der Waals surface area (Å²) in [6.45, 7) is 0.858. The van der Waals surface area contributed by atoms with Crippen molar-refractivity contribution in [3.8, 4) is 0 Å². The summed E-state index contributed by atoms with van der Waals surface area (Å²) >= 11 is 9.32. The van der Waals surface area contributed by atoms with Crippen LogP contribution in [0.25, 0.3) is 0 Å². The fraction of sp³-hybridized carbons (Fsp3) is 0.538. The van der Waals surface area contributed by atoms with E-state index in [1.165, 1.54) is 0 Å². The largest absolute Gasteiger partial charge is 0.370 e. The number of aromatic nitrogens is 1. The Labute approximate surface area is 126 Å². The van der Waals surface area contributed by atoms with Crippen molar-refractivity contribution in [3.05, 3.63) is 21.8 Å². The summed E-state index contributed by atoms with van der Waals surface area (Å²) in [5, 5.41) is 3.94. The summed E-state index contributed by atoms with van der Waals surface area (Å²) in [6.07, 6.45) is 5.55. The van der Waals surface area contributed by atoms with E-state index in [-0.39, 0.29) is 11.8 Å². The average Bonchev–Trinajstić information content (AvgIpc) is 2.40. The number of nitrogens with two attached hydrogens (primary N) is 1. The topological polar surface area (TPSA) is 68.0 Å². The van der Waals surface area contributed by atoms with E-state index in [1.807, 2.05) is 0 Å². The normalized spacial score (nSPS) is 23.1. The lowest BCUT2D eigenvalue weighted by atomic mass is 9.81. The molecule has 1 aliphatic carbocycles. The second-order valence-electron chi connectivity index (χ2n) is 4.98. The Bertz CT molecular complexity index is 461. The first-order valence-corrected chi connectivity index (χ1v) is 7.57. The first-order chi connectivity index (χ1) is 9.06. The monoisotopic (exact) mass is 345 g/mol. The van der Waals surface area contributed by atoms with Crippen molar-refractivity contribution < 1.29 is 4.79 Å². The number of primary amides is 1. The van der Waals surface area contributed by atoms with Crippen molar-refractivity contribution in [1.82, 2.24) is 4.98 Å². The molecule has 1 aliphatic rings. The maximum Gasteiger partial charge on any atom is 0.220 e. The molecule has 1 saturated carbocycles. The zero-order valence-electron chi connectivity index (χ0n) is 10.5. The predicted octanol–water partition coefficient (Wildman–Crippen LogP) is 3.20. The quantitative estimate of drug-likeness (QED) is 0.879. The fourth-order valence-electron chi connectivity index (χ4n) is 2.41. The van der Waals surface area contributed by atoms with Gasteiger partial charge in [0.05, 0.1) is 9.50 Å². The van der Waals surface area contributed by atoms with Gasteiger partial charge in [-0.05, 0) is 47.5 Å². The molecule has 19 heavy (non-hydrogen) atoms. The number of carbonyl (C=O) groups excluding carboxylic acids is 1. The van der Waals surface area contributed by atoms with Gasteiger partial charge in [-0.15, -0.1) is 0 Å². The number of hydrogen-bond donors (Lipinski definition) is 2. The maximum absolute atomic E-state index is 11.1. The molecule has 0 unspecified atom stereocenters. The molecule has 1 aromatic rings. The zero-order chi connectivity index (χ0) is 13.8. The molecule has 0 atom stereocenters. The lowest BCUT2D eigenvalue weighted by Gasteiger charge is -2.26. The van der Waals surface area contributed by atoms with Crippen LogP contribution in [0.1, 0.15) is 25.7 Å². The molecule has 1 fully saturated rings. The molecule has 104 valence electrons. The summed E-state index contributed by atoms with van der Waals surface area (Å²) in [6, 6.07) is 1.81. The third-order valence-corrected chi connectivity index (χ3v) is 4.80. The lowest BCUT2D eigenvalue weighted by Crippen LogP contribution is -2.29. The van der Waals surface area contributed by atoms with Crippen LogP contribution in [0.2, 0.25) is 5.02 Å². The number of rotatable bonds is 4. The van der Waals surface area contributed by atoms with Gasteiger partial charge in [0.1, 0.15) is 5.82 Å². The maximum atomic E-state index is 11.1. The van der Waals surface area contributed by atoms with Gasteiger partial charge < -0.3 is 11.1 Å². The van der Waals surface area contributed by atoms with Gasteiger partial charge in [0.25, 0.3) is 0 Å². The summed E-state index contributed by atoms with van der Waals surface area (Å²) in [5.41, 5.74) is 5.32. The van der Waals surface area contributed by atoms with Gasteiger partial charge >= 0.3 is 0 Å². The second-order valence-corrected chi connectivity index (χ2v) is 6.25. The van der Waals surface area contributed by atoms with Gasteiger partial charge in [-0.2, -0.15) is 0 Å². The van der Waals surface area contributed by atoms with Crippen molar-refractivity contribution >= 4 is 39.3 Å². The van der Waals surface area contributed by atoms with Crippen LogP contribution in [-0.2, 0) is 4.79 Å². The fourth-order valence-corrected chi connectivity index (χ4v) is 2.78. The van der Waals surface area contributed by atoms with Crippen LogP contribution in [0, 0.1) is 11.8 Å². The predicted molar refractivity (Wildman–Crippen MR) is 80.1 cm³/mol. The number of pyridine rings is 1. The second kappa shape index (κ2) is 6.57. The van der Waals surface area contributed by atoms with Gasteiger partial charge in [0.15, 0.2) is 0 Å². The Morgan fingerprint density at radius 1 is 1.47 bits per heavy atom. The Morgan fingerprint density at radius 2 is 2.16 bits per heavy atom. The highest BCUT2D eigenvalue weighted by atomic mass is 79.9. The molecule has 1 aromatic heterocycles. The number of nitrogens with zero attached hydrogens (tertiary/aromatic N) is 1. The van der Waals surface area contributed by atoms with E-state index in [4.69, 9.17) is 17.3 Å². The molecular weight excluding hydrogens is 330 g/mol. The molecule has 3 N–H and O–H groups in total. The van der Waals surface area contributed by atoms with E-state index >= 15 is 0 Å². The van der Waals surface area contributed by atoms with E-state index in [0.717, 1.165) is 42.5 Å². The lowest BCUT2D eigenvalue weighted by molar-refractivity contribution is -0.122. The van der Waals surface area contributed by atoms with E-state index in [1.54, 1.807) is 12.3 Å². The van der Waals surface area contributed by atoms with E-state index in [2.05, 4.69) is 26.2 Å². The minimum Gasteiger partial charge on any atom is -0.370 e. The van der Waals surface area contributed by atoms with Crippen LogP contribution < -0.4 is 11.1 Å². The molecule has 0 aromatic carbocycles. The van der Waals surface area contributed by atoms with Crippen molar-refractivity contribution in [2.75, 3.05) is 11.9 Å². The summed E-state index contributed by atoms with van der Waals surface area (Å²) in [7, 11) is 0. The Kier molecular flexibility index (Phi) is 5.05. The number of carbonyl (C=O) groups is 1. The molecule has 0 radical (unpaired) electrons. The van der Waals surface area contributed by atoms with Crippen LogP contribution in [0.15, 0.2) is 16.7 Å². The number of amides is 1.